The fraction of sp³-hybridized carbons (Fsp3) is 0.233. The summed E-state index contributed by atoms with van der Waals surface area (Å²) in [4.78, 5) is 33.4. The normalized spacial score (nSPS) is 16.9. The maximum absolute atomic E-state index is 13.6. The number of carbonyl (C=O) groups is 2. The van der Waals surface area contributed by atoms with Crippen LogP contribution in [-0.2, 0) is 9.59 Å². The third-order valence-corrected chi connectivity index (χ3v) is 7.84. The predicted octanol–water partition coefficient (Wildman–Crippen LogP) is 6.17. The van der Waals surface area contributed by atoms with E-state index in [-0.39, 0.29) is 11.3 Å². The van der Waals surface area contributed by atoms with Crippen LogP contribution in [-0.4, -0.2) is 36.0 Å². The number of aromatic nitrogens is 1. The highest BCUT2D eigenvalue weighted by atomic mass is 32.1. The van der Waals surface area contributed by atoms with Gasteiger partial charge in [-0.25, -0.2) is 4.98 Å². The molecule has 3 aromatic carbocycles. The van der Waals surface area contributed by atoms with Crippen molar-refractivity contribution in [1.29, 1.82) is 0 Å². The number of Topliss-reactive ketones (excluding diaryl/α,β-unsaturated/α-hetero) is 1. The monoisotopic (exact) mass is 528 g/mol. The average molecular weight is 529 g/mol. The van der Waals surface area contributed by atoms with Gasteiger partial charge in [-0.1, -0.05) is 41.2 Å². The Morgan fingerprint density at radius 2 is 1.63 bits per heavy atom. The Morgan fingerprint density at radius 1 is 0.895 bits per heavy atom. The second-order valence-electron chi connectivity index (χ2n) is 9.53. The van der Waals surface area contributed by atoms with E-state index in [0.29, 0.717) is 27.8 Å². The average Bonchev–Trinajstić information content (AvgIpc) is 3.43. The third kappa shape index (κ3) is 4.11. The number of hydrogen-bond acceptors (Lipinski definition) is 7. The number of aryl methyl sites for hydroxylation is 4. The second kappa shape index (κ2) is 9.61. The molecule has 2 heterocycles. The Hall–Kier alpha value is -4.17. The number of anilines is 1. The minimum atomic E-state index is -0.920. The lowest BCUT2D eigenvalue weighted by Gasteiger charge is -2.24. The van der Waals surface area contributed by atoms with Crippen molar-refractivity contribution in [1.82, 2.24) is 4.98 Å². The Bertz CT molecular complexity index is 1650. The first-order valence-corrected chi connectivity index (χ1v) is 12.9. The highest BCUT2D eigenvalue weighted by molar-refractivity contribution is 7.22. The summed E-state index contributed by atoms with van der Waals surface area (Å²) >= 11 is 1.34. The molecule has 1 atom stereocenters. The van der Waals surface area contributed by atoms with Crippen LogP contribution in [0.4, 0.5) is 5.13 Å². The van der Waals surface area contributed by atoms with E-state index < -0.39 is 17.7 Å². The lowest BCUT2D eigenvalue weighted by atomic mass is 9.93. The van der Waals surface area contributed by atoms with Gasteiger partial charge < -0.3 is 14.6 Å². The molecule has 194 valence electrons. The van der Waals surface area contributed by atoms with Crippen LogP contribution in [0.15, 0.2) is 54.1 Å². The summed E-state index contributed by atoms with van der Waals surface area (Å²) < 4.78 is 11.8. The van der Waals surface area contributed by atoms with E-state index in [0.717, 1.165) is 32.5 Å². The number of aliphatic hydroxyl groups is 1. The van der Waals surface area contributed by atoms with Gasteiger partial charge in [0, 0.05) is 5.56 Å². The molecule has 0 aliphatic carbocycles. The number of ether oxygens (including phenoxy) is 2. The van der Waals surface area contributed by atoms with Gasteiger partial charge >= 0.3 is 5.91 Å². The number of methoxy groups -OCH3 is 2. The van der Waals surface area contributed by atoms with Crippen LogP contribution in [0.5, 0.6) is 11.5 Å². The molecule has 0 spiro atoms. The Labute approximate surface area is 225 Å². The van der Waals surface area contributed by atoms with Gasteiger partial charge in [0.1, 0.15) is 5.76 Å². The van der Waals surface area contributed by atoms with Gasteiger partial charge in [-0.2, -0.15) is 0 Å². The lowest BCUT2D eigenvalue weighted by molar-refractivity contribution is -0.132. The number of thiazole rings is 1. The predicted molar refractivity (Wildman–Crippen MR) is 149 cm³/mol. The molecule has 1 amide bonds. The van der Waals surface area contributed by atoms with E-state index in [9.17, 15) is 14.7 Å². The number of aliphatic hydroxyl groups excluding tert-OH is 1. The number of rotatable bonds is 5. The number of fused-ring (bicyclic) bond motifs is 1. The first-order chi connectivity index (χ1) is 18.1. The summed E-state index contributed by atoms with van der Waals surface area (Å²) in [5.41, 5.74) is 5.64. The zero-order valence-corrected chi connectivity index (χ0v) is 22.9. The highest BCUT2D eigenvalue weighted by Crippen LogP contribution is 2.46. The summed E-state index contributed by atoms with van der Waals surface area (Å²) in [5, 5.41) is 11.9. The van der Waals surface area contributed by atoms with Crippen molar-refractivity contribution < 1.29 is 24.2 Å². The molecule has 5 rings (SSSR count). The van der Waals surface area contributed by atoms with E-state index in [1.165, 1.54) is 30.5 Å². The van der Waals surface area contributed by atoms with Crippen molar-refractivity contribution in [2.45, 2.75) is 33.7 Å². The van der Waals surface area contributed by atoms with E-state index in [1.54, 1.807) is 18.2 Å². The molecular formula is C30H28N2O5S. The molecule has 0 radical (unpaired) electrons. The number of benzene rings is 3. The maximum atomic E-state index is 13.6. The fourth-order valence-electron chi connectivity index (χ4n) is 4.97. The molecule has 1 aliphatic heterocycles. The van der Waals surface area contributed by atoms with Crippen LogP contribution in [0.2, 0.25) is 0 Å². The van der Waals surface area contributed by atoms with E-state index in [1.807, 2.05) is 58.0 Å². The van der Waals surface area contributed by atoms with Crippen LogP contribution >= 0.6 is 11.3 Å². The van der Waals surface area contributed by atoms with Crippen LogP contribution < -0.4 is 14.4 Å². The zero-order valence-electron chi connectivity index (χ0n) is 22.1. The molecule has 1 fully saturated rings. The van der Waals surface area contributed by atoms with Gasteiger partial charge in [-0.15, -0.1) is 0 Å². The van der Waals surface area contributed by atoms with Crippen LogP contribution in [0, 0.1) is 27.7 Å². The van der Waals surface area contributed by atoms with E-state index in [4.69, 9.17) is 14.5 Å². The van der Waals surface area contributed by atoms with Crippen molar-refractivity contribution in [3.8, 4) is 11.5 Å². The maximum Gasteiger partial charge on any atom is 0.301 e. The number of ketones is 1. The molecule has 4 aromatic rings. The SMILES string of the molecule is COc1ccc(C2/C(=C(\O)c3cc(C)ccc3C)C(=O)C(=O)N2c2nc3c(C)cc(C)cc3s2)cc1OC. The molecule has 1 N–H and O–H groups in total. The van der Waals surface area contributed by atoms with E-state index >= 15 is 0 Å². The van der Waals surface area contributed by atoms with E-state index in [2.05, 4.69) is 0 Å². The highest BCUT2D eigenvalue weighted by Gasteiger charge is 2.48. The van der Waals surface area contributed by atoms with Gasteiger partial charge in [0.2, 0.25) is 0 Å². The molecule has 0 saturated carbocycles. The van der Waals surface area contributed by atoms with Crippen molar-refractivity contribution in [2.24, 2.45) is 0 Å². The second-order valence-corrected chi connectivity index (χ2v) is 10.5. The van der Waals surface area contributed by atoms with Crippen molar-refractivity contribution in [3.05, 3.63) is 87.5 Å². The standard InChI is InChI=1S/C30H28N2O5S/c1-15-7-8-17(3)20(12-15)27(33)24-26(19-9-10-21(36-5)22(14-19)37-6)32(29(35)28(24)34)30-31-25-18(4)11-16(2)13-23(25)38-30/h7-14,26,33H,1-6H3/b27-24+. The van der Waals surface area contributed by atoms with Gasteiger partial charge in [0.15, 0.2) is 16.6 Å². The van der Waals surface area contributed by atoms with Crippen molar-refractivity contribution in [2.75, 3.05) is 19.1 Å². The fourth-order valence-corrected chi connectivity index (χ4v) is 6.13. The third-order valence-electron chi connectivity index (χ3n) is 6.84. The van der Waals surface area contributed by atoms with Crippen molar-refractivity contribution >= 4 is 44.1 Å². The first-order valence-electron chi connectivity index (χ1n) is 12.1. The largest absolute Gasteiger partial charge is 0.507 e. The summed E-state index contributed by atoms with van der Waals surface area (Å²) in [6.45, 7) is 7.74. The van der Waals surface area contributed by atoms with Gasteiger partial charge in [0.25, 0.3) is 5.78 Å². The zero-order chi connectivity index (χ0) is 27.3. The molecule has 0 bridgehead atoms. The number of hydrogen-bond donors (Lipinski definition) is 1. The summed E-state index contributed by atoms with van der Waals surface area (Å²) in [7, 11) is 3.06. The first kappa shape index (κ1) is 25.5. The Morgan fingerprint density at radius 3 is 2.34 bits per heavy atom. The van der Waals surface area contributed by atoms with Gasteiger partial charge in [-0.05, 0) is 74.2 Å². The molecule has 1 saturated heterocycles. The molecule has 1 aromatic heterocycles. The lowest BCUT2D eigenvalue weighted by Crippen LogP contribution is -2.29. The molecule has 8 heteroatoms. The van der Waals surface area contributed by atoms with Gasteiger partial charge in [-0.3, -0.25) is 14.5 Å². The molecule has 38 heavy (non-hydrogen) atoms. The number of nitrogens with zero attached hydrogens (tertiary/aromatic N) is 2. The van der Waals surface area contributed by atoms with Crippen molar-refractivity contribution in [3.63, 3.8) is 0 Å². The quantitative estimate of drug-likeness (QED) is 0.189. The van der Waals surface area contributed by atoms with Crippen LogP contribution in [0.25, 0.3) is 16.0 Å². The Balaban J connectivity index is 1.79. The topological polar surface area (TPSA) is 89.0 Å². The summed E-state index contributed by atoms with van der Waals surface area (Å²) in [6.07, 6.45) is 0. The molecule has 1 unspecified atom stereocenters. The number of carbonyl (C=O) groups excluding carboxylic acids is 2. The molecule has 7 nitrogen and oxygen atoms in total. The van der Waals surface area contributed by atoms with Crippen LogP contribution in [0.3, 0.4) is 0 Å². The Kier molecular flexibility index (Phi) is 6.44. The molecular weight excluding hydrogens is 500 g/mol. The minimum Gasteiger partial charge on any atom is -0.507 e. The summed E-state index contributed by atoms with van der Waals surface area (Å²) in [5.74, 6) is -0.785. The molecule has 1 aliphatic rings. The van der Waals surface area contributed by atoms with Gasteiger partial charge in [0.05, 0.1) is 36.1 Å². The smallest absolute Gasteiger partial charge is 0.301 e. The summed E-state index contributed by atoms with van der Waals surface area (Å²) in [6, 6.07) is 14.0. The number of amides is 1. The minimum absolute atomic E-state index is 0.00285. The van der Waals surface area contributed by atoms with Crippen LogP contribution in [0.1, 0.15) is 39.4 Å².